The minimum atomic E-state index is 0.354. The normalized spacial score (nSPS) is 10.8. The Morgan fingerprint density at radius 1 is 1.62 bits per heavy atom. The highest BCUT2D eigenvalue weighted by Crippen LogP contribution is 2.04. The summed E-state index contributed by atoms with van der Waals surface area (Å²) in [6, 6.07) is 3.92. The average molecular weight is 194 g/mol. The first kappa shape index (κ1) is 7.87. The number of H-pyrrole nitrogens is 1. The molecule has 2 aromatic heterocycles. The molecule has 0 saturated carbocycles. The quantitative estimate of drug-likeness (QED) is 0.557. The first-order valence-corrected chi connectivity index (χ1v) is 4.39. The maximum absolute atomic E-state index is 3.91. The van der Waals surface area contributed by atoms with Gasteiger partial charge in [-0.05, 0) is 16.7 Å². The van der Waals surface area contributed by atoms with Crippen molar-refractivity contribution in [2.75, 3.05) is 5.43 Å². The van der Waals surface area contributed by atoms with Gasteiger partial charge in [-0.2, -0.15) is 10.3 Å². The predicted octanol–water partition coefficient (Wildman–Crippen LogP) is 0.707. The largest absolute Gasteiger partial charge is 0.283 e. The third-order valence-corrected chi connectivity index (χ3v) is 2.05. The number of tetrazole rings is 1. The lowest BCUT2D eigenvalue weighted by atomic mass is 10.5. The second-order valence-electron chi connectivity index (χ2n) is 2.12. The van der Waals surface area contributed by atoms with Crippen LogP contribution in [0.4, 0.5) is 5.95 Å². The molecule has 2 aromatic rings. The van der Waals surface area contributed by atoms with E-state index in [1.807, 2.05) is 17.5 Å². The van der Waals surface area contributed by atoms with Crippen LogP contribution in [0.1, 0.15) is 4.88 Å². The van der Waals surface area contributed by atoms with Crippen molar-refractivity contribution < 1.29 is 0 Å². The second kappa shape index (κ2) is 3.76. The van der Waals surface area contributed by atoms with Crippen molar-refractivity contribution in [3.05, 3.63) is 22.4 Å². The zero-order valence-electron chi connectivity index (χ0n) is 6.51. The Morgan fingerprint density at radius 2 is 2.62 bits per heavy atom. The fourth-order valence-electron chi connectivity index (χ4n) is 0.728. The molecule has 6 nitrogen and oxygen atoms in total. The monoisotopic (exact) mass is 194 g/mol. The average Bonchev–Trinajstić information content (AvgIpc) is 2.75. The number of nitrogens with one attached hydrogen (secondary N) is 2. The molecular weight excluding hydrogens is 188 g/mol. The molecule has 0 saturated heterocycles. The van der Waals surface area contributed by atoms with Crippen LogP contribution in [0.3, 0.4) is 0 Å². The Hall–Kier alpha value is -1.76. The molecule has 0 aliphatic carbocycles. The summed E-state index contributed by atoms with van der Waals surface area (Å²) in [6.07, 6.45) is 1.70. The highest BCUT2D eigenvalue weighted by Gasteiger charge is 1.91. The number of hydrogen-bond acceptors (Lipinski definition) is 6. The Balaban J connectivity index is 1.93. The molecule has 0 spiro atoms. The van der Waals surface area contributed by atoms with E-state index in [1.54, 1.807) is 17.6 Å². The SMILES string of the molecule is C(=NNc1nn[nH]n1)c1cccs1. The zero-order valence-corrected chi connectivity index (χ0v) is 7.32. The Morgan fingerprint density at radius 3 is 3.31 bits per heavy atom. The van der Waals surface area contributed by atoms with Crippen molar-refractivity contribution in [3.63, 3.8) is 0 Å². The smallest absolute Gasteiger partial charge is 0.243 e. The van der Waals surface area contributed by atoms with Gasteiger partial charge in [0.1, 0.15) is 0 Å². The molecule has 2 heterocycles. The van der Waals surface area contributed by atoms with Crippen molar-refractivity contribution in [1.29, 1.82) is 0 Å². The summed E-state index contributed by atoms with van der Waals surface area (Å²) in [5.74, 6) is 0.354. The summed E-state index contributed by atoms with van der Waals surface area (Å²) in [5.41, 5.74) is 2.62. The number of thiophene rings is 1. The highest BCUT2D eigenvalue weighted by molar-refractivity contribution is 7.11. The van der Waals surface area contributed by atoms with E-state index in [4.69, 9.17) is 0 Å². The lowest BCUT2D eigenvalue weighted by Crippen LogP contribution is -1.91. The van der Waals surface area contributed by atoms with Gasteiger partial charge in [0.25, 0.3) is 5.95 Å². The van der Waals surface area contributed by atoms with E-state index in [-0.39, 0.29) is 0 Å². The fourth-order valence-corrected chi connectivity index (χ4v) is 1.31. The van der Waals surface area contributed by atoms with E-state index in [9.17, 15) is 0 Å². The molecule has 0 atom stereocenters. The van der Waals surface area contributed by atoms with Crippen LogP contribution in [0.2, 0.25) is 0 Å². The van der Waals surface area contributed by atoms with Gasteiger partial charge < -0.3 is 0 Å². The Labute approximate surface area is 77.7 Å². The van der Waals surface area contributed by atoms with Crippen molar-refractivity contribution >= 4 is 23.5 Å². The van der Waals surface area contributed by atoms with Crippen LogP contribution in [-0.2, 0) is 0 Å². The number of aromatic amines is 1. The molecule has 7 heteroatoms. The van der Waals surface area contributed by atoms with Gasteiger partial charge in [0.15, 0.2) is 0 Å². The summed E-state index contributed by atoms with van der Waals surface area (Å²) in [7, 11) is 0. The molecule has 2 N–H and O–H groups in total. The minimum absolute atomic E-state index is 0.354. The molecule has 0 unspecified atom stereocenters. The molecule has 0 amide bonds. The lowest BCUT2D eigenvalue weighted by molar-refractivity contribution is 0.881. The first-order chi connectivity index (χ1) is 6.45. The van der Waals surface area contributed by atoms with Gasteiger partial charge in [0, 0.05) is 4.88 Å². The lowest BCUT2D eigenvalue weighted by Gasteiger charge is -1.87. The minimum Gasteiger partial charge on any atom is -0.243 e. The van der Waals surface area contributed by atoms with Crippen LogP contribution >= 0.6 is 11.3 Å². The Bertz CT molecular complexity index is 364. The molecule has 66 valence electrons. The van der Waals surface area contributed by atoms with Crippen LogP contribution in [0.5, 0.6) is 0 Å². The number of anilines is 1. The fraction of sp³-hybridized carbons (Fsp3) is 0. The van der Waals surface area contributed by atoms with E-state index < -0.39 is 0 Å². The van der Waals surface area contributed by atoms with Crippen LogP contribution in [-0.4, -0.2) is 26.8 Å². The Kier molecular flexibility index (Phi) is 2.28. The molecule has 0 bridgehead atoms. The molecule has 0 fully saturated rings. The van der Waals surface area contributed by atoms with Gasteiger partial charge in [-0.15, -0.1) is 16.4 Å². The van der Waals surface area contributed by atoms with E-state index in [2.05, 4.69) is 31.2 Å². The molecule has 0 aromatic carbocycles. The zero-order chi connectivity index (χ0) is 8.93. The van der Waals surface area contributed by atoms with Crippen LogP contribution in [0.25, 0.3) is 0 Å². The van der Waals surface area contributed by atoms with Gasteiger partial charge in [0.2, 0.25) is 0 Å². The van der Waals surface area contributed by atoms with E-state index in [0.717, 1.165) is 4.88 Å². The van der Waals surface area contributed by atoms with Gasteiger partial charge in [0.05, 0.1) is 6.21 Å². The summed E-state index contributed by atoms with van der Waals surface area (Å²) < 4.78 is 0. The first-order valence-electron chi connectivity index (χ1n) is 3.51. The van der Waals surface area contributed by atoms with Crippen LogP contribution < -0.4 is 5.43 Å². The number of hydrogen-bond donors (Lipinski definition) is 2. The third kappa shape index (κ3) is 2.09. The van der Waals surface area contributed by atoms with E-state index >= 15 is 0 Å². The number of aromatic nitrogens is 4. The number of nitrogens with zero attached hydrogens (tertiary/aromatic N) is 4. The van der Waals surface area contributed by atoms with Crippen molar-refractivity contribution in [2.45, 2.75) is 0 Å². The van der Waals surface area contributed by atoms with Gasteiger partial charge in [-0.25, -0.2) is 5.43 Å². The standard InChI is InChI=1S/C6H6N6S/c1-2-5(13-3-1)4-7-8-6-9-11-12-10-6/h1-4H,(H2,8,9,10,11,12). The highest BCUT2D eigenvalue weighted by atomic mass is 32.1. The van der Waals surface area contributed by atoms with Crippen molar-refractivity contribution in [3.8, 4) is 0 Å². The van der Waals surface area contributed by atoms with Gasteiger partial charge >= 0.3 is 0 Å². The maximum atomic E-state index is 3.91. The molecule has 2 rings (SSSR count). The number of hydrazone groups is 1. The summed E-state index contributed by atoms with van der Waals surface area (Å²) in [5, 5.41) is 18.9. The van der Waals surface area contributed by atoms with Crippen molar-refractivity contribution in [2.24, 2.45) is 5.10 Å². The molecule has 0 aliphatic rings. The van der Waals surface area contributed by atoms with Crippen molar-refractivity contribution in [1.82, 2.24) is 20.6 Å². The summed E-state index contributed by atoms with van der Waals surface area (Å²) in [6.45, 7) is 0. The topological polar surface area (TPSA) is 78.9 Å². The predicted molar refractivity (Wildman–Crippen MR) is 49.7 cm³/mol. The maximum Gasteiger partial charge on any atom is 0.283 e. The van der Waals surface area contributed by atoms with Crippen LogP contribution in [0.15, 0.2) is 22.6 Å². The second-order valence-corrected chi connectivity index (χ2v) is 3.10. The number of rotatable bonds is 3. The summed E-state index contributed by atoms with van der Waals surface area (Å²) in [4.78, 5) is 1.07. The van der Waals surface area contributed by atoms with E-state index in [0.29, 0.717) is 5.95 Å². The molecule has 0 aliphatic heterocycles. The molecular formula is C6H6N6S. The van der Waals surface area contributed by atoms with Crippen LogP contribution in [0, 0.1) is 0 Å². The molecule has 13 heavy (non-hydrogen) atoms. The van der Waals surface area contributed by atoms with E-state index in [1.165, 1.54) is 0 Å². The van der Waals surface area contributed by atoms with Gasteiger partial charge in [-0.1, -0.05) is 11.2 Å². The molecule has 0 radical (unpaired) electrons. The third-order valence-electron chi connectivity index (χ3n) is 1.24. The summed E-state index contributed by atoms with van der Waals surface area (Å²) >= 11 is 1.61. The van der Waals surface area contributed by atoms with Gasteiger partial charge in [-0.3, -0.25) is 0 Å².